The Morgan fingerprint density at radius 3 is 2.61 bits per heavy atom. The third-order valence-electron chi connectivity index (χ3n) is 4.72. The first-order chi connectivity index (χ1) is 13.8. The Morgan fingerprint density at radius 2 is 1.89 bits per heavy atom. The summed E-state index contributed by atoms with van der Waals surface area (Å²) in [5.41, 5.74) is 1.87. The van der Waals surface area contributed by atoms with Crippen molar-refractivity contribution in [1.29, 1.82) is 0 Å². The summed E-state index contributed by atoms with van der Waals surface area (Å²) in [6.07, 6.45) is 7.10. The fraction of sp³-hybridized carbons (Fsp3) is 0.333. The number of nitrogens with zero attached hydrogens (tertiary/aromatic N) is 4. The number of Topliss-reactive ketones (excluding diaryl/α,β-unsaturated/α-hetero) is 1. The summed E-state index contributed by atoms with van der Waals surface area (Å²) in [6, 6.07) is 11.7. The zero-order valence-electron chi connectivity index (χ0n) is 15.7. The molecule has 1 aliphatic carbocycles. The van der Waals surface area contributed by atoms with E-state index in [0.29, 0.717) is 18.8 Å². The Bertz CT molecular complexity index is 941. The first-order valence-electron chi connectivity index (χ1n) is 9.54. The van der Waals surface area contributed by atoms with E-state index >= 15 is 0 Å². The Kier molecular flexibility index (Phi) is 5.71. The van der Waals surface area contributed by atoms with Crippen molar-refractivity contribution >= 4 is 17.5 Å². The van der Waals surface area contributed by atoms with Crippen LogP contribution >= 0.6 is 11.8 Å². The van der Waals surface area contributed by atoms with Crippen LogP contribution in [0.5, 0.6) is 5.75 Å². The van der Waals surface area contributed by atoms with Gasteiger partial charge in [0, 0.05) is 30.1 Å². The molecule has 0 saturated heterocycles. The molecule has 1 saturated carbocycles. The topological polar surface area (TPSA) is 69.9 Å². The molecule has 0 aliphatic heterocycles. The number of ether oxygens (including phenoxy) is 1. The van der Waals surface area contributed by atoms with Gasteiger partial charge < -0.3 is 4.74 Å². The van der Waals surface area contributed by atoms with Crippen molar-refractivity contribution < 1.29 is 9.53 Å². The molecule has 1 unspecified atom stereocenters. The third-order valence-corrected chi connectivity index (χ3v) is 5.98. The molecule has 0 bridgehead atoms. The lowest BCUT2D eigenvalue weighted by Crippen LogP contribution is -2.21. The maximum atomic E-state index is 12.3. The Morgan fingerprint density at radius 1 is 1.11 bits per heavy atom. The molecule has 1 fully saturated rings. The third kappa shape index (κ3) is 3.94. The van der Waals surface area contributed by atoms with Gasteiger partial charge >= 0.3 is 0 Å². The Labute approximate surface area is 168 Å². The highest BCUT2D eigenvalue weighted by Crippen LogP contribution is 2.34. The SMILES string of the molecule is CCOc1ccc(-n2c(SC3CCCCC3=O)nnc2-c2ccncc2)cc1. The molecule has 144 valence electrons. The number of carbonyl (C=O) groups is 1. The molecule has 1 aromatic carbocycles. The van der Waals surface area contributed by atoms with Crippen LogP contribution in [0, 0.1) is 0 Å². The molecular formula is C21H22N4O2S. The monoisotopic (exact) mass is 394 g/mol. The van der Waals surface area contributed by atoms with Gasteiger partial charge in [0.15, 0.2) is 11.0 Å². The summed E-state index contributed by atoms with van der Waals surface area (Å²) in [7, 11) is 0. The minimum Gasteiger partial charge on any atom is -0.494 e. The molecule has 0 spiro atoms. The Hall–Kier alpha value is -2.67. The molecule has 0 N–H and O–H groups in total. The van der Waals surface area contributed by atoms with Gasteiger partial charge in [0.1, 0.15) is 11.5 Å². The van der Waals surface area contributed by atoms with Gasteiger partial charge in [-0.1, -0.05) is 18.2 Å². The van der Waals surface area contributed by atoms with Crippen LogP contribution in [0.25, 0.3) is 17.1 Å². The number of benzene rings is 1. The zero-order chi connectivity index (χ0) is 19.3. The predicted molar refractivity (Wildman–Crippen MR) is 109 cm³/mol. The number of hydrogen-bond donors (Lipinski definition) is 0. The van der Waals surface area contributed by atoms with Gasteiger partial charge in [-0.05, 0) is 56.2 Å². The molecule has 6 nitrogen and oxygen atoms in total. The number of carbonyl (C=O) groups excluding carboxylic acids is 1. The number of pyridine rings is 1. The van der Waals surface area contributed by atoms with E-state index in [-0.39, 0.29) is 5.25 Å². The average molecular weight is 394 g/mol. The summed E-state index contributed by atoms with van der Waals surface area (Å²) < 4.78 is 7.57. The van der Waals surface area contributed by atoms with Crippen LogP contribution in [-0.2, 0) is 4.79 Å². The summed E-state index contributed by atoms with van der Waals surface area (Å²) in [5, 5.41) is 9.54. The summed E-state index contributed by atoms with van der Waals surface area (Å²) in [4.78, 5) is 16.4. The van der Waals surface area contributed by atoms with Gasteiger partial charge in [0.05, 0.1) is 11.9 Å². The van der Waals surface area contributed by atoms with Crippen LogP contribution in [0.4, 0.5) is 0 Å². The predicted octanol–water partition coefficient (Wildman–Crippen LogP) is 4.33. The molecule has 2 aromatic heterocycles. The second kappa shape index (κ2) is 8.56. The van der Waals surface area contributed by atoms with Crippen molar-refractivity contribution in [2.24, 2.45) is 0 Å². The van der Waals surface area contributed by atoms with Crippen LogP contribution in [0.2, 0.25) is 0 Å². The average Bonchev–Trinajstić information content (AvgIpc) is 3.15. The lowest BCUT2D eigenvalue weighted by molar-refractivity contribution is -0.119. The van der Waals surface area contributed by atoms with E-state index in [1.165, 1.54) is 11.8 Å². The van der Waals surface area contributed by atoms with Crippen molar-refractivity contribution in [2.75, 3.05) is 6.61 Å². The minimum atomic E-state index is -0.0512. The van der Waals surface area contributed by atoms with E-state index in [1.54, 1.807) is 12.4 Å². The number of rotatable bonds is 6. The summed E-state index contributed by atoms with van der Waals surface area (Å²) in [5.74, 6) is 1.86. The summed E-state index contributed by atoms with van der Waals surface area (Å²) in [6.45, 7) is 2.59. The zero-order valence-corrected chi connectivity index (χ0v) is 16.6. The van der Waals surface area contributed by atoms with E-state index in [9.17, 15) is 4.79 Å². The molecular weight excluding hydrogens is 372 g/mol. The molecule has 1 aliphatic rings. The van der Waals surface area contributed by atoms with Crippen LogP contribution in [-0.4, -0.2) is 37.4 Å². The van der Waals surface area contributed by atoms with Gasteiger partial charge in [-0.15, -0.1) is 10.2 Å². The number of aromatic nitrogens is 4. The second-order valence-corrected chi connectivity index (χ2v) is 7.79. The molecule has 0 radical (unpaired) electrons. The van der Waals surface area contributed by atoms with Gasteiger partial charge in [-0.3, -0.25) is 14.3 Å². The number of hydrogen-bond acceptors (Lipinski definition) is 6. The van der Waals surface area contributed by atoms with E-state index in [2.05, 4.69) is 15.2 Å². The van der Waals surface area contributed by atoms with Gasteiger partial charge in [-0.25, -0.2) is 0 Å². The van der Waals surface area contributed by atoms with Crippen LogP contribution in [0.3, 0.4) is 0 Å². The van der Waals surface area contributed by atoms with Crippen molar-refractivity contribution in [3.63, 3.8) is 0 Å². The maximum absolute atomic E-state index is 12.3. The van der Waals surface area contributed by atoms with E-state index in [4.69, 9.17) is 4.74 Å². The first-order valence-corrected chi connectivity index (χ1v) is 10.4. The lowest BCUT2D eigenvalue weighted by atomic mass is 9.99. The fourth-order valence-electron chi connectivity index (χ4n) is 3.33. The van der Waals surface area contributed by atoms with Crippen molar-refractivity contribution in [1.82, 2.24) is 19.7 Å². The Balaban J connectivity index is 1.74. The van der Waals surface area contributed by atoms with Crippen molar-refractivity contribution in [3.8, 4) is 22.8 Å². The smallest absolute Gasteiger partial charge is 0.196 e. The normalized spacial score (nSPS) is 16.9. The fourth-order valence-corrected chi connectivity index (χ4v) is 4.50. The standard InChI is InChI=1S/C21H22N4O2S/c1-2-27-17-9-7-16(8-10-17)25-20(15-11-13-22-14-12-15)23-24-21(25)28-19-6-4-3-5-18(19)26/h7-14,19H,2-6H2,1H3. The van der Waals surface area contributed by atoms with Gasteiger partial charge in [0.25, 0.3) is 0 Å². The molecule has 0 amide bonds. The second-order valence-electron chi connectivity index (χ2n) is 6.62. The van der Waals surface area contributed by atoms with E-state index in [0.717, 1.165) is 47.2 Å². The van der Waals surface area contributed by atoms with E-state index < -0.39 is 0 Å². The molecule has 7 heteroatoms. The van der Waals surface area contributed by atoms with Crippen LogP contribution < -0.4 is 4.74 Å². The minimum absolute atomic E-state index is 0.0512. The highest BCUT2D eigenvalue weighted by molar-refractivity contribution is 8.00. The van der Waals surface area contributed by atoms with Crippen molar-refractivity contribution in [3.05, 3.63) is 48.8 Å². The quantitative estimate of drug-likeness (QED) is 0.620. The maximum Gasteiger partial charge on any atom is 0.196 e. The highest BCUT2D eigenvalue weighted by atomic mass is 32.2. The van der Waals surface area contributed by atoms with Gasteiger partial charge in [0.2, 0.25) is 0 Å². The van der Waals surface area contributed by atoms with Crippen LogP contribution in [0.1, 0.15) is 32.6 Å². The first kappa shape index (κ1) is 18.7. The lowest BCUT2D eigenvalue weighted by Gasteiger charge is -2.20. The largest absolute Gasteiger partial charge is 0.494 e. The van der Waals surface area contributed by atoms with Crippen molar-refractivity contribution in [2.45, 2.75) is 43.0 Å². The van der Waals surface area contributed by atoms with Crippen LogP contribution in [0.15, 0.2) is 53.9 Å². The molecule has 2 heterocycles. The highest BCUT2D eigenvalue weighted by Gasteiger charge is 2.27. The summed E-state index contributed by atoms with van der Waals surface area (Å²) >= 11 is 1.52. The van der Waals surface area contributed by atoms with E-state index in [1.807, 2.05) is 47.9 Å². The number of ketones is 1. The van der Waals surface area contributed by atoms with Gasteiger partial charge in [-0.2, -0.15) is 0 Å². The molecule has 3 aromatic rings. The molecule has 28 heavy (non-hydrogen) atoms. The number of thioether (sulfide) groups is 1. The molecule has 4 rings (SSSR count). The molecule has 1 atom stereocenters.